The Kier molecular flexibility index (Phi) is 3.28. The Morgan fingerprint density at radius 1 is 1.77 bits per heavy atom. The number of nitrogens with zero attached hydrogens (tertiary/aromatic N) is 1. The van der Waals surface area contributed by atoms with Crippen LogP contribution in [-0.2, 0) is 9.53 Å². The van der Waals surface area contributed by atoms with E-state index in [1.807, 2.05) is 0 Å². The van der Waals surface area contributed by atoms with Crippen LogP contribution in [-0.4, -0.2) is 29.6 Å². The van der Waals surface area contributed by atoms with Crippen molar-refractivity contribution in [3.05, 3.63) is 0 Å². The number of carboxylic acid groups (broad SMARTS) is 1. The van der Waals surface area contributed by atoms with Crippen LogP contribution >= 0.6 is 0 Å². The first-order chi connectivity index (χ1) is 6.08. The summed E-state index contributed by atoms with van der Waals surface area (Å²) in [6.45, 7) is 4.77. The largest absolute Gasteiger partial charge is 0.481 e. The predicted octanol–water partition coefficient (Wildman–Crippen LogP) is 1.30. The molecule has 4 nitrogen and oxygen atoms in total. The molecule has 0 saturated carbocycles. The highest BCUT2D eigenvalue weighted by molar-refractivity contribution is 5.94. The van der Waals surface area contributed by atoms with Gasteiger partial charge in [0.25, 0.3) is 0 Å². The monoisotopic (exact) mass is 185 g/mol. The van der Waals surface area contributed by atoms with Gasteiger partial charge in [-0.05, 0) is 12.3 Å². The van der Waals surface area contributed by atoms with E-state index in [2.05, 4.69) is 18.8 Å². The van der Waals surface area contributed by atoms with E-state index in [1.165, 1.54) is 0 Å². The Bertz CT molecular complexity index is 223. The lowest BCUT2D eigenvalue weighted by atomic mass is 10.1. The van der Waals surface area contributed by atoms with Crippen molar-refractivity contribution in [2.75, 3.05) is 6.61 Å². The van der Waals surface area contributed by atoms with Crippen molar-refractivity contribution >= 4 is 11.9 Å². The van der Waals surface area contributed by atoms with Crippen molar-refractivity contribution in [1.82, 2.24) is 0 Å². The molecule has 1 aliphatic rings. The first kappa shape index (κ1) is 10.0. The first-order valence-corrected chi connectivity index (χ1v) is 4.49. The zero-order valence-corrected chi connectivity index (χ0v) is 7.99. The van der Waals surface area contributed by atoms with Crippen LogP contribution in [0.2, 0.25) is 0 Å². The quantitative estimate of drug-likeness (QED) is 0.718. The molecule has 0 aromatic heterocycles. The second-order valence-corrected chi connectivity index (χ2v) is 3.69. The molecule has 0 spiro atoms. The number of ether oxygens (including phenoxy) is 1. The van der Waals surface area contributed by atoms with Crippen LogP contribution in [0.25, 0.3) is 0 Å². The SMILES string of the molecule is CC(C)CC1COC(CC(=O)O)=N1. The van der Waals surface area contributed by atoms with Gasteiger partial charge in [-0.25, -0.2) is 4.99 Å². The molecular formula is C9H15NO3. The lowest BCUT2D eigenvalue weighted by molar-refractivity contribution is -0.135. The van der Waals surface area contributed by atoms with E-state index >= 15 is 0 Å². The summed E-state index contributed by atoms with van der Waals surface area (Å²) in [7, 11) is 0. The minimum Gasteiger partial charge on any atom is -0.481 e. The molecule has 13 heavy (non-hydrogen) atoms. The molecule has 1 atom stereocenters. The van der Waals surface area contributed by atoms with Crippen LogP contribution in [0, 0.1) is 5.92 Å². The Morgan fingerprint density at radius 2 is 2.46 bits per heavy atom. The van der Waals surface area contributed by atoms with Crippen molar-refractivity contribution in [2.45, 2.75) is 32.7 Å². The average Bonchev–Trinajstić information content (AvgIpc) is 2.33. The van der Waals surface area contributed by atoms with Gasteiger partial charge in [0, 0.05) is 0 Å². The molecule has 1 rings (SSSR count). The number of rotatable bonds is 4. The number of aliphatic carboxylic acids is 1. The summed E-state index contributed by atoms with van der Waals surface area (Å²) in [5.74, 6) is 0.0589. The highest BCUT2D eigenvalue weighted by Crippen LogP contribution is 2.14. The zero-order valence-electron chi connectivity index (χ0n) is 7.99. The number of carboxylic acids is 1. The maximum Gasteiger partial charge on any atom is 0.312 e. The lowest BCUT2D eigenvalue weighted by Gasteiger charge is -2.06. The van der Waals surface area contributed by atoms with Crippen molar-refractivity contribution < 1.29 is 14.6 Å². The summed E-state index contributed by atoms with van der Waals surface area (Å²) in [6, 6.07) is 0.161. The van der Waals surface area contributed by atoms with E-state index in [1.54, 1.807) is 0 Å². The maximum atomic E-state index is 10.3. The second-order valence-electron chi connectivity index (χ2n) is 3.69. The summed E-state index contributed by atoms with van der Waals surface area (Å²) < 4.78 is 5.15. The maximum absolute atomic E-state index is 10.3. The third kappa shape index (κ3) is 3.44. The second kappa shape index (κ2) is 4.25. The first-order valence-electron chi connectivity index (χ1n) is 4.49. The fourth-order valence-electron chi connectivity index (χ4n) is 1.36. The highest BCUT2D eigenvalue weighted by atomic mass is 16.5. The fourth-order valence-corrected chi connectivity index (χ4v) is 1.36. The molecule has 0 fully saturated rings. The van der Waals surface area contributed by atoms with E-state index < -0.39 is 5.97 Å². The van der Waals surface area contributed by atoms with E-state index in [0.717, 1.165) is 6.42 Å². The summed E-state index contributed by atoms with van der Waals surface area (Å²) in [6.07, 6.45) is 0.873. The van der Waals surface area contributed by atoms with Gasteiger partial charge in [-0.3, -0.25) is 4.79 Å². The molecular weight excluding hydrogens is 170 g/mol. The molecule has 0 radical (unpaired) electrons. The fraction of sp³-hybridized carbons (Fsp3) is 0.778. The number of carbonyl (C=O) groups is 1. The topological polar surface area (TPSA) is 58.9 Å². The van der Waals surface area contributed by atoms with E-state index in [4.69, 9.17) is 9.84 Å². The Balaban J connectivity index is 2.39. The van der Waals surface area contributed by atoms with E-state index in [9.17, 15) is 4.79 Å². The van der Waals surface area contributed by atoms with Crippen LogP contribution in [0.4, 0.5) is 0 Å². The molecule has 0 aromatic rings. The molecule has 4 heteroatoms. The molecule has 74 valence electrons. The molecule has 1 N–H and O–H groups in total. The van der Waals surface area contributed by atoms with Gasteiger partial charge in [-0.2, -0.15) is 0 Å². The van der Waals surface area contributed by atoms with E-state index in [-0.39, 0.29) is 12.5 Å². The van der Waals surface area contributed by atoms with Crippen LogP contribution < -0.4 is 0 Å². The van der Waals surface area contributed by atoms with Crippen LogP contribution in [0.3, 0.4) is 0 Å². The van der Waals surface area contributed by atoms with Crippen molar-refractivity contribution in [1.29, 1.82) is 0 Å². The van der Waals surface area contributed by atoms with E-state index in [0.29, 0.717) is 18.4 Å². The average molecular weight is 185 g/mol. The van der Waals surface area contributed by atoms with Crippen LogP contribution in [0.15, 0.2) is 4.99 Å². The Morgan fingerprint density at radius 3 is 3.00 bits per heavy atom. The molecule has 1 aliphatic heterocycles. The van der Waals surface area contributed by atoms with Crippen LogP contribution in [0.1, 0.15) is 26.7 Å². The van der Waals surface area contributed by atoms with Gasteiger partial charge in [0.2, 0.25) is 0 Å². The lowest BCUT2D eigenvalue weighted by Crippen LogP contribution is -2.09. The molecule has 0 bridgehead atoms. The summed E-state index contributed by atoms with van der Waals surface area (Å²) in [5, 5.41) is 8.48. The van der Waals surface area contributed by atoms with Crippen molar-refractivity contribution in [3.63, 3.8) is 0 Å². The normalized spacial score (nSPS) is 21.5. The Hall–Kier alpha value is -1.06. The minimum atomic E-state index is -0.885. The molecule has 0 amide bonds. The van der Waals surface area contributed by atoms with Gasteiger partial charge >= 0.3 is 5.97 Å². The molecule has 0 aliphatic carbocycles. The summed E-state index contributed by atoms with van der Waals surface area (Å²) in [5.41, 5.74) is 0. The van der Waals surface area contributed by atoms with Gasteiger partial charge < -0.3 is 9.84 Å². The molecule has 1 heterocycles. The summed E-state index contributed by atoms with van der Waals surface area (Å²) in [4.78, 5) is 14.5. The standard InChI is InChI=1S/C9H15NO3/c1-6(2)3-7-5-13-8(10-7)4-9(11)12/h6-7H,3-5H2,1-2H3,(H,11,12). The third-order valence-electron chi connectivity index (χ3n) is 1.81. The molecule has 0 saturated heterocycles. The zero-order chi connectivity index (χ0) is 9.84. The molecule has 0 aromatic carbocycles. The van der Waals surface area contributed by atoms with Gasteiger partial charge in [0.15, 0.2) is 5.90 Å². The third-order valence-corrected chi connectivity index (χ3v) is 1.81. The Labute approximate surface area is 77.6 Å². The minimum absolute atomic E-state index is 0.0887. The van der Waals surface area contributed by atoms with Crippen LogP contribution in [0.5, 0.6) is 0 Å². The molecule has 1 unspecified atom stereocenters. The number of hydrogen-bond donors (Lipinski definition) is 1. The van der Waals surface area contributed by atoms with Crippen molar-refractivity contribution in [2.24, 2.45) is 10.9 Å². The highest BCUT2D eigenvalue weighted by Gasteiger charge is 2.20. The number of aliphatic imine (C=N–C) groups is 1. The van der Waals surface area contributed by atoms with Gasteiger partial charge in [-0.1, -0.05) is 13.8 Å². The predicted molar refractivity (Wildman–Crippen MR) is 48.9 cm³/mol. The smallest absolute Gasteiger partial charge is 0.312 e. The summed E-state index contributed by atoms with van der Waals surface area (Å²) >= 11 is 0. The van der Waals surface area contributed by atoms with Crippen molar-refractivity contribution in [3.8, 4) is 0 Å². The number of hydrogen-bond acceptors (Lipinski definition) is 3. The van der Waals surface area contributed by atoms with Gasteiger partial charge in [0.1, 0.15) is 13.0 Å². The van der Waals surface area contributed by atoms with Gasteiger partial charge in [-0.15, -0.1) is 0 Å². The van der Waals surface area contributed by atoms with Gasteiger partial charge in [0.05, 0.1) is 6.04 Å².